The highest BCUT2D eigenvalue weighted by atomic mass is 35.5. The fourth-order valence-electron chi connectivity index (χ4n) is 3.87. The molecule has 0 fully saturated rings. The lowest BCUT2D eigenvalue weighted by Crippen LogP contribution is -2.43. The Morgan fingerprint density at radius 1 is 1.36 bits per heavy atom. The maximum atomic E-state index is 12.5. The van der Waals surface area contributed by atoms with Gasteiger partial charge in [-0.1, -0.05) is 87.5 Å². The zero-order valence-electron chi connectivity index (χ0n) is 16.3. The number of benzene rings is 1. The zero-order chi connectivity index (χ0) is 20.6. The van der Waals surface area contributed by atoms with Crippen LogP contribution in [0.5, 0.6) is 0 Å². The van der Waals surface area contributed by atoms with E-state index < -0.39 is 5.16 Å². The summed E-state index contributed by atoms with van der Waals surface area (Å²) in [7, 11) is 0.743. The van der Waals surface area contributed by atoms with Crippen molar-refractivity contribution in [2.75, 3.05) is 13.1 Å². The van der Waals surface area contributed by atoms with E-state index in [0.29, 0.717) is 11.0 Å². The summed E-state index contributed by atoms with van der Waals surface area (Å²) >= 11 is 12.1. The monoisotopic (exact) mass is 438 g/mol. The molecule has 0 radical (unpaired) electrons. The minimum absolute atomic E-state index is 0.129. The van der Waals surface area contributed by atoms with Gasteiger partial charge in [0.15, 0.2) is 0 Å². The third kappa shape index (κ3) is 5.48. The molecule has 0 heterocycles. The SMILES string of the molecule is C=PC(C(N)=O)(c1ccccc1)C(CC)CCNCCC1C=CC(Cl)=C(Cl)C1. The van der Waals surface area contributed by atoms with Crippen LogP contribution in [0.2, 0.25) is 0 Å². The van der Waals surface area contributed by atoms with Crippen molar-refractivity contribution >= 4 is 43.6 Å². The maximum Gasteiger partial charge on any atom is 0.236 e. The molecular weight excluding hydrogens is 410 g/mol. The molecule has 1 aromatic rings. The molecule has 152 valence electrons. The normalized spacial score (nSPS) is 20.2. The maximum absolute atomic E-state index is 12.5. The van der Waals surface area contributed by atoms with Gasteiger partial charge in [0.25, 0.3) is 0 Å². The molecule has 0 saturated heterocycles. The molecule has 1 aliphatic carbocycles. The number of carbonyl (C=O) groups excluding carboxylic acids is 1. The fraction of sp³-hybridized carbons (Fsp3) is 0.455. The lowest BCUT2D eigenvalue weighted by Gasteiger charge is -2.35. The van der Waals surface area contributed by atoms with Crippen LogP contribution >= 0.6 is 31.4 Å². The van der Waals surface area contributed by atoms with E-state index in [0.717, 1.165) is 57.6 Å². The smallest absolute Gasteiger partial charge is 0.236 e. The molecule has 2 rings (SSSR count). The minimum atomic E-state index is -0.751. The Kier molecular flexibility index (Phi) is 9.24. The Morgan fingerprint density at radius 3 is 2.64 bits per heavy atom. The second kappa shape index (κ2) is 11.2. The second-order valence-corrected chi connectivity index (χ2v) is 9.05. The number of hydrogen-bond acceptors (Lipinski definition) is 2. The lowest BCUT2D eigenvalue weighted by molar-refractivity contribution is -0.122. The molecule has 28 heavy (non-hydrogen) atoms. The largest absolute Gasteiger partial charge is 0.368 e. The molecule has 0 bridgehead atoms. The van der Waals surface area contributed by atoms with Crippen molar-refractivity contribution in [3.63, 3.8) is 0 Å². The number of hydrogen-bond donors (Lipinski definition) is 2. The summed E-state index contributed by atoms with van der Waals surface area (Å²) in [5.41, 5.74) is 6.86. The van der Waals surface area contributed by atoms with Crippen molar-refractivity contribution in [2.45, 2.75) is 37.8 Å². The van der Waals surface area contributed by atoms with Crippen molar-refractivity contribution in [1.82, 2.24) is 5.32 Å². The summed E-state index contributed by atoms with van der Waals surface area (Å²) < 4.78 is 0. The summed E-state index contributed by atoms with van der Waals surface area (Å²) in [5, 5.41) is 4.14. The van der Waals surface area contributed by atoms with Gasteiger partial charge in [0, 0.05) is 5.03 Å². The Morgan fingerprint density at radius 2 is 2.07 bits per heavy atom. The second-order valence-electron chi connectivity index (χ2n) is 7.16. The van der Waals surface area contributed by atoms with Gasteiger partial charge in [-0.3, -0.25) is 4.79 Å². The first-order valence-electron chi connectivity index (χ1n) is 9.72. The Hall–Kier alpha value is -1.12. The molecule has 0 spiro atoms. The van der Waals surface area contributed by atoms with E-state index >= 15 is 0 Å². The van der Waals surface area contributed by atoms with Gasteiger partial charge in [-0.2, -0.15) is 0 Å². The standard InChI is InChI=1S/C22H29Cl2N2OP/c1-3-17(22(28-2,21(25)27)18-7-5-4-6-8-18)12-14-26-13-11-16-9-10-19(23)20(24)15-16/h4-10,16-17,26H,2-3,11-15H2,1H3,(H2,25,27). The Labute approximate surface area is 180 Å². The predicted molar refractivity (Wildman–Crippen MR) is 123 cm³/mol. The van der Waals surface area contributed by atoms with Gasteiger partial charge in [0.2, 0.25) is 5.91 Å². The van der Waals surface area contributed by atoms with Crippen molar-refractivity contribution in [2.24, 2.45) is 17.6 Å². The van der Waals surface area contributed by atoms with Crippen LogP contribution in [0.3, 0.4) is 0 Å². The molecule has 1 aliphatic rings. The summed E-state index contributed by atoms with van der Waals surface area (Å²) in [6, 6.07) is 9.82. The van der Waals surface area contributed by atoms with Crippen LogP contribution in [0.15, 0.2) is 52.5 Å². The van der Waals surface area contributed by atoms with Crippen LogP contribution in [0.25, 0.3) is 0 Å². The molecule has 3 N–H and O–H groups in total. The number of nitrogens with two attached hydrogens (primary N) is 1. The topological polar surface area (TPSA) is 55.1 Å². The van der Waals surface area contributed by atoms with Gasteiger partial charge < -0.3 is 11.1 Å². The first-order chi connectivity index (χ1) is 13.5. The average Bonchev–Trinajstić information content (AvgIpc) is 2.70. The Balaban J connectivity index is 1.92. The molecule has 1 amide bonds. The van der Waals surface area contributed by atoms with Crippen LogP contribution in [0, 0.1) is 11.8 Å². The summed E-state index contributed by atoms with van der Waals surface area (Å²) in [6.07, 6.45) is 11.6. The molecule has 3 unspecified atom stereocenters. The number of allylic oxidation sites excluding steroid dienone is 4. The molecule has 0 saturated carbocycles. The van der Waals surface area contributed by atoms with Crippen molar-refractivity contribution in [3.8, 4) is 0 Å². The molecular formula is C22H29Cl2N2OP. The number of carbonyl (C=O) groups is 1. The van der Waals surface area contributed by atoms with Crippen molar-refractivity contribution in [1.29, 1.82) is 0 Å². The minimum Gasteiger partial charge on any atom is -0.368 e. The van der Waals surface area contributed by atoms with E-state index in [2.05, 4.69) is 24.6 Å². The van der Waals surface area contributed by atoms with E-state index in [9.17, 15) is 4.79 Å². The number of amides is 1. The summed E-state index contributed by atoms with van der Waals surface area (Å²) in [6.45, 7) is 3.84. The predicted octanol–water partition coefficient (Wildman–Crippen LogP) is 5.41. The summed E-state index contributed by atoms with van der Waals surface area (Å²) in [4.78, 5) is 12.5. The lowest BCUT2D eigenvalue weighted by atomic mass is 9.80. The number of rotatable bonds is 11. The van der Waals surface area contributed by atoms with Crippen LogP contribution in [-0.2, 0) is 9.95 Å². The van der Waals surface area contributed by atoms with Crippen molar-refractivity contribution in [3.05, 3.63) is 58.1 Å². The number of halogens is 2. The van der Waals surface area contributed by atoms with Crippen molar-refractivity contribution < 1.29 is 4.79 Å². The summed E-state index contributed by atoms with van der Waals surface area (Å²) in [5.74, 6) is 0.245. The van der Waals surface area contributed by atoms with Gasteiger partial charge in [-0.15, -0.1) is 0 Å². The van der Waals surface area contributed by atoms with E-state index in [1.54, 1.807) is 0 Å². The molecule has 3 nitrogen and oxygen atoms in total. The molecule has 1 aromatic carbocycles. The highest BCUT2D eigenvalue weighted by Crippen LogP contribution is 2.45. The van der Waals surface area contributed by atoms with Crippen LogP contribution in [0.1, 0.15) is 38.2 Å². The van der Waals surface area contributed by atoms with Crippen LogP contribution in [-0.4, -0.2) is 25.3 Å². The third-order valence-electron chi connectivity index (χ3n) is 5.50. The highest BCUT2D eigenvalue weighted by Gasteiger charge is 2.42. The fourth-order valence-corrected chi connectivity index (χ4v) is 5.34. The number of primary amides is 1. The third-order valence-corrected chi connectivity index (χ3v) is 7.65. The van der Waals surface area contributed by atoms with E-state index in [-0.39, 0.29) is 11.8 Å². The molecule has 6 heteroatoms. The average molecular weight is 439 g/mol. The van der Waals surface area contributed by atoms with Crippen LogP contribution in [0.4, 0.5) is 0 Å². The van der Waals surface area contributed by atoms with E-state index in [4.69, 9.17) is 28.9 Å². The Bertz CT molecular complexity index is 735. The van der Waals surface area contributed by atoms with Gasteiger partial charge in [0.1, 0.15) is 5.16 Å². The quantitative estimate of drug-likeness (QED) is 0.358. The van der Waals surface area contributed by atoms with Gasteiger partial charge in [-0.25, -0.2) is 0 Å². The van der Waals surface area contributed by atoms with Crippen LogP contribution < -0.4 is 11.1 Å². The molecule has 0 aromatic heterocycles. The van der Waals surface area contributed by atoms with Gasteiger partial charge in [0.05, 0.1) is 5.03 Å². The van der Waals surface area contributed by atoms with E-state index in [1.807, 2.05) is 36.4 Å². The first kappa shape index (κ1) is 23.2. The molecule has 0 aliphatic heterocycles. The van der Waals surface area contributed by atoms with E-state index in [1.165, 1.54) is 0 Å². The molecule has 3 atom stereocenters. The van der Waals surface area contributed by atoms with Gasteiger partial charge >= 0.3 is 0 Å². The number of nitrogens with one attached hydrogen (secondary N) is 1. The highest BCUT2D eigenvalue weighted by molar-refractivity contribution is 7.39. The zero-order valence-corrected chi connectivity index (χ0v) is 18.7. The van der Waals surface area contributed by atoms with Gasteiger partial charge in [-0.05, 0) is 55.8 Å². The first-order valence-corrected chi connectivity index (χ1v) is 11.6.